The van der Waals surface area contributed by atoms with Crippen LogP contribution >= 0.6 is 11.6 Å². The maximum absolute atomic E-state index is 13.0. The largest absolute Gasteiger partial charge is 0.340 e. The van der Waals surface area contributed by atoms with E-state index in [1.807, 2.05) is 6.07 Å². The molecule has 2 aromatic rings. The molecule has 1 atom stereocenters. The normalized spacial score (nSPS) is 18.0. The second-order valence-electron chi connectivity index (χ2n) is 6.03. The van der Waals surface area contributed by atoms with Gasteiger partial charge < -0.3 is 10.2 Å². The molecule has 1 aromatic heterocycles. The van der Waals surface area contributed by atoms with Crippen molar-refractivity contribution in [1.29, 1.82) is 0 Å². The predicted molar refractivity (Wildman–Crippen MR) is 92.8 cm³/mol. The van der Waals surface area contributed by atoms with Gasteiger partial charge in [0, 0.05) is 6.54 Å². The summed E-state index contributed by atoms with van der Waals surface area (Å²) in [6.07, 6.45) is 8.44. The minimum Gasteiger partial charge on any atom is -0.340 e. The lowest BCUT2D eigenvalue weighted by Crippen LogP contribution is -2.31. The first kappa shape index (κ1) is 15.7. The number of rotatable bonds is 2. The van der Waals surface area contributed by atoms with Gasteiger partial charge in [0.1, 0.15) is 6.33 Å². The molecule has 0 aliphatic carbocycles. The number of halogens is 1. The summed E-state index contributed by atoms with van der Waals surface area (Å²) in [6.45, 7) is 0.756. The van der Waals surface area contributed by atoms with Gasteiger partial charge in [-0.2, -0.15) is 0 Å². The molecule has 0 saturated carbocycles. The number of imidazole rings is 1. The number of hydrogen-bond acceptors (Lipinski definition) is 3. The topological polar surface area (TPSA) is 67.2 Å². The van der Waals surface area contributed by atoms with Crippen LogP contribution in [0.2, 0.25) is 5.02 Å². The lowest BCUT2D eigenvalue weighted by Gasteiger charge is -2.23. The fraction of sp³-hybridized carbons (Fsp3) is 0.278. The molecule has 1 N–H and O–H groups in total. The van der Waals surface area contributed by atoms with E-state index in [-0.39, 0.29) is 24.4 Å². The highest BCUT2D eigenvalue weighted by atomic mass is 35.5. The quantitative estimate of drug-likeness (QED) is 0.840. The maximum atomic E-state index is 13.0. The van der Waals surface area contributed by atoms with Crippen LogP contribution in [0.5, 0.6) is 0 Å². The van der Waals surface area contributed by atoms with E-state index in [1.54, 1.807) is 27.9 Å². The Morgan fingerprint density at radius 2 is 2.32 bits per heavy atom. The number of benzene rings is 1. The van der Waals surface area contributed by atoms with Gasteiger partial charge in [-0.15, -0.1) is 6.42 Å². The number of nitrogens with zero attached hydrogens (tertiary/aromatic N) is 3. The Balaban J connectivity index is 1.94. The van der Waals surface area contributed by atoms with Gasteiger partial charge in [0.2, 0.25) is 0 Å². The zero-order chi connectivity index (χ0) is 17.6. The number of aromatic nitrogens is 2. The first-order valence-electron chi connectivity index (χ1n) is 8.02. The number of amides is 2. The van der Waals surface area contributed by atoms with Gasteiger partial charge in [-0.3, -0.25) is 14.2 Å². The minimum atomic E-state index is -0.337. The smallest absolute Gasteiger partial charge is 0.272 e. The van der Waals surface area contributed by atoms with Crippen molar-refractivity contribution < 1.29 is 9.59 Å². The van der Waals surface area contributed by atoms with Gasteiger partial charge >= 0.3 is 0 Å². The molecule has 4 rings (SSSR count). The number of fused-ring (bicyclic) bond motifs is 5. The zero-order valence-electron chi connectivity index (χ0n) is 13.3. The van der Waals surface area contributed by atoms with Crippen LogP contribution in [-0.2, 0) is 0 Å². The van der Waals surface area contributed by atoms with E-state index in [9.17, 15) is 9.59 Å². The molecular formula is C18H15ClN4O2. The Morgan fingerprint density at radius 3 is 3.12 bits per heavy atom. The molecule has 0 spiro atoms. The van der Waals surface area contributed by atoms with Gasteiger partial charge in [0.05, 0.1) is 34.6 Å². The molecule has 2 amide bonds. The lowest BCUT2D eigenvalue weighted by molar-refractivity contribution is 0.0735. The van der Waals surface area contributed by atoms with Crippen molar-refractivity contribution in [2.75, 3.05) is 13.1 Å². The van der Waals surface area contributed by atoms with Crippen molar-refractivity contribution >= 4 is 23.4 Å². The highest BCUT2D eigenvalue weighted by molar-refractivity contribution is 6.34. The molecule has 126 valence electrons. The second-order valence-corrected chi connectivity index (χ2v) is 6.43. The second kappa shape index (κ2) is 5.94. The molecular weight excluding hydrogens is 340 g/mol. The fourth-order valence-electron chi connectivity index (χ4n) is 3.62. The molecule has 7 heteroatoms. The van der Waals surface area contributed by atoms with Gasteiger partial charge in [0.25, 0.3) is 11.8 Å². The molecule has 0 unspecified atom stereocenters. The number of nitrogens with one attached hydrogen (secondary N) is 1. The summed E-state index contributed by atoms with van der Waals surface area (Å²) in [5, 5.41) is 3.05. The number of carbonyl (C=O) groups excluding carboxylic acids is 2. The van der Waals surface area contributed by atoms with Crippen LogP contribution in [-0.4, -0.2) is 39.4 Å². The Hall–Kier alpha value is -2.78. The van der Waals surface area contributed by atoms with E-state index in [0.29, 0.717) is 34.2 Å². The zero-order valence-corrected chi connectivity index (χ0v) is 14.1. The Kier molecular flexibility index (Phi) is 3.74. The van der Waals surface area contributed by atoms with Crippen LogP contribution < -0.4 is 5.32 Å². The maximum Gasteiger partial charge on any atom is 0.272 e. The third-order valence-electron chi connectivity index (χ3n) is 4.66. The van der Waals surface area contributed by atoms with Crippen LogP contribution in [0.1, 0.15) is 45.4 Å². The van der Waals surface area contributed by atoms with E-state index in [1.165, 1.54) is 0 Å². The molecule has 1 saturated heterocycles. The van der Waals surface area contributed by atoms with E-state index in [0.717, 1.165) is 12.8 Å². The van der Waals surface area contributed by atoms with E-state index < -0.39 is 0 Å². The summed E-state index contributed by atoms with van der Waals surface area (Å²) in [4.78, 5) is 31.6. The third-order valence-corrected chi connectivity index (χ3v) is 4.98. The molecule has 25 heavy (non-hydrogen) atoms. The summed E-state index contributed by atoms with van der Waals surface area (Å²) in [5.41, 5.74) is 2.10. The molecule has 0 bridgehead atoms. The van der Waals surface area contributed by atoms with Crippen molar-refractivity contribution in [2.45, 2.75) is 18.9 Å². The van der Waals surface area contributed by atoms with Crippen molar-refractivity contribution in [2.24, 2.45) is 0 Å². The van der Waals surface area contributed by atoms with Gasteiger partial charge in [-0.1, -0.05) is 23.6 Å². The first-order valence-corrected chi connectivity index (χ1v) is 8.40. The highest BCUT2D eigenvalue weighted by Gasteiger charge is 2.40. The van der Waals surface area contributed by atoms with Crippen molar-refractivity contribution in [3.05, 3.63) is 46.5 Å². The van der Waals surface area contributed by atoms with Crippen LogP contribution in [0.3, 0.4) is 0 Å². The van der Waals surface area contributed by atoms with E-state index >= 15 is 0 Å². The summed E-state index contributed by atoms with van der Waals surface area (Å²) in [5.74, 6) is 1.93. The average molecular weight is 355 g/mol. The molecule has 3 heterocycles. The van der Waals surface area contributed by atoms with Crippen LogP contribution in [0.25, 0.3) is 5.69 Å². The molecule has 2 aliphatic heterocycles. The lowest BCUT2D eigenvalue weighted by atomic mass is 10.1. The molecule has 1 fully saturated rings. The third kappa shape index (κ3) is 2.31. The highest BCUT2D eigenvalue weighted by Crippen LogP contribution is 2.41. The molecule has 0 radical (unpaired) electrons. The standard InChI is InChI=1S/C18H15ClN4O2/c1-2-8-20-17(24)15-16-13-7-4-9-22(13)18(25)14-11(19)5-3-6-12(14)23(16)10-21-15/h1,3,5-6,10,13H,4,7-9H2,(H,20,24)/t13-/m0/s1. The fourth-order valence-corrected chi connectivity index (χ4v) is 3.87. The van der Waals surface area contributed by atoms with E-state index in [2.05, 4.69) is 16.2 Å². The van der Waals surface area contributed by atoms with Crippen LogP contribution in [0.15, 0.2) is 24.5 Å². The van der Waals surface area contributed by atoms with Gasteiger partial charge in [0.15, 0.2) is 5.69 Å². The van der Waals surface area contributed by atoms with Crippen molar-refractivity contribution in [3.63, 3.8) is 0 Å². The first-order chi connectivity index (χ1) is 12.1. The SMILES string of the molecule is C#CCNC(=O)c1ncn2c1[C@@H]1CCCN1C(=O)c1c(Cl)cccc1-2. The monoisotopic (exact) mass is 354 g/mol. The average Bonchev–Trinajstić information content (AvgIpc) is 3.23. The molecule has 6 nitrogen and oxygen atoms in total. The van der Waals surface area contributed by atoms with Crippen LogP contribution in [0.4, 0.5) is 0 Å². The molecule has 1 aromatic carbocycles. The summed E-state index contributed by atoms with van der Waals surface area (Å²) in [6, 6.07) is 5.10. The number of hydrogen-bond donors (Lipinski definition) is 1. The molecule has 2 aliphatic rings. The Labute approximate surface area is 149 Å². The Morgan fingerprint density at radius 1 is 1.48 bits per heavy atom. The number of terminal acetylenes is 1. The number of carbonyl (C=O) groups is 2. The predicted octanol–water partition coefficient (Wildman–Crippen LogP) is 2.18. The van der Waals surface area contributed by atoms with Crippen molar-refractivity contribution in [3.8, 4) is 18.0 Å². The van der Waals surface area contributed by atoms with Gasteiger partial charge in [-0.25, -0.2) is 4.98 Å². The summed E-state index contributed by atoms with van der Waals surface area (Å²) < 4.78 is 1.81. The minimum absolute atomic E-state index is 0.109. The van der Waals surface area contributed by atoms with Crippen molar-refractivity contribution in [1.82, 2.24) is 19.8 Å². The van der Waals surface area contributed by atoms with Crippen LogP contribution in [0, 0.1) is 12.3 Å². The Bertz CT molecular complexity index is 928. The van der Waals surface area contributed by atoms with Gasteiger partial charge in [-0.05, 0) is 25.0 Å². The summed E-state index contributed by atoms with van der Waals surface area (Å²) >= 11 is 6.32. The summed E-state index contributed by atoms with van der Waals surface area (Å²) in [7, 11) is 0. The van der Waals surface area contributed by atoms with E-state index in [4.69, 9.17) is 18.0 Å².